The van der Waals surface area contributed by atoms with E-state index in [1.54, 1.807) is 19.2 Å². The van der Waals surface area contributed by atoms with Gasteiger partial charge < -0.3 is 15.0 Å². The Kier molecular flexibility index (Phi) is 5.40. The fourth-order valence-corrected chi connectivity index (χ4v) is 4.24. The third kappa shape index (κ3) is 3.30. The number of halogens is 1. The average molecular weight is 409 g/mol. The van der Waals surface area contributed by atoms with Crippen LogP contribution in [0.2, 0.25) is 0 Å². The summed E-state index contributed by atoms with van der Waals surface area (Å²) in [7, 11) is 1.61. The maximum Gasteiger partial charge on any atom is 0.258 e. The highest BCUT2D eigenvalue weighted by atomic mass is 19.1. The normalized spacial score (nSPS) is 20.7. The first kappa shape index (κ1) is 20.3. The Morgan fingerprint density at radius 3 is 2.67 bits per heavy atom. The number of aromatic amines is 1. The Hall–Kier alpha value is -3.03. The van der Waals surface area contributed by atoms with Crippen molar-refractivity contribution in [3.05, 3.63) is 65.6 Å². The molecule has 2 aromatic carbocycles. The van der Waals surface area contributed by atoms with E-state index in [-0.39, 0.29) is 17.5 Å². The molecule has 0 saturated heterocycles. The number of aromatic nitrogens is 1. The number of nitrogens with one attached hydrogen (secondary N) is 3. The van der Waals surface area contributed by atoms with Gasteiger partial charge in [-0.3, -0.25) is 14.9 Å². The lowest BCUT2D eigenvalue weighted by Gasteiger charge is -2.39. The van der Waals surface area contributed by atoms with Crippen LogP contribution in [0.25, 0.3) is 10.9 Å². The lowest BCUT2D eigenvalue weighted by molar-refractivity contribution is -0.135. The Labute approximate surface area is 173 Å². The van der Waals surface area contributed by atoms with Gasteiger partial charge in [-0.25, -0.2) is 4.39 Å². The van der Waals surface area contributed by atoms with Crippen LogP contribution < -0.4 is 10.6 Å². The van der Waals surface area contributed by atoms with Crippen LogP contribution in [0, 0.1) is 5.82 Å². The number of benzene rings is 2. The smallest absolute Gasteiger partial charge is 0.258 e. The summed E-state index contributed by atoms with van der Waals surface area (Å²) in [6.45, 7) is 1.86. The number of methoxy groups -OCH3 is 1. The number of fused-ring (bicyclic) bond motifs is 3. The van der Waals surface area contributed by atoms with Crippen molar-refractivity contribution >= 4 is 28.3 Å². The zero-order chi connectivity index (χ0) is 21.3. The first-order valence-electron chi connectivity index (χ1n) is 9.91. The molecule has 0 spiro atoms. The molecular weight excluding hydrogens is 385 g/mol. The summed E-state index contributed by atoms with van der Waals surface area (Å²) in [4.78, 5) is 29.8. The number of ether oxygens (including phenoxy) is 1. The Bertz CT molecular complexity index is 1110. The summed E-state index contributed by atoms with van der Waals surface area (Å²) in [5.74, 6) is -1.55. The predicted octanol–water partition coefficient (Wildman–Crippen LogP) is 3.28. The molecule has 1 aromatic heterocycles. The van der Waals surface area contributed by atoms with Crippen molar-refractivity contribution in [3.63, 3.8) is 0 Å². The van der Waals surface area contributed by atoms with Gasteiger partial charge >= 0.3 is 0 Å². The highest BCUT2D eigenvalue weighted by Gasteiger charge is 2.52. The molecule has 0 bridgehead atoms. The van der Waals surface area contributed by atoms with Gasteiger partial charge in [-0.2, -0.15) is 0 Å². The SMILES string of the molecule is COCCC1Cc2c([nH]c3ccccc23)C(C(C)=O)(C(=O)Nc2ccccc2F)N1. The van der Waals surface area contributed by atoms with E-state index in [0.29, 0.717) is 25.1 Å². The fraction of sp³-hybridized carbons (Fsp3) is 0.304. The highest BCUT2D eigenvalue weighted by molar-refractivity contribution is 6.16. The van der Waals surface area contributed by atoms with Gasteiger partial charge in [0, 0.05) is 30.7 Å². The monoisotopic (exact) mass is 409 g/mol. The van der Waals surface area contributed by atoms with Gasteiger partial charge in [-0.05, 0) is 43.5 Å². The number of carbonyl (C=O) groups is 2. The van der Waals surface area contributed by atoms with Crippen molar-refractivity contribution in [2.24, 2.45) is 0 Å². The number of rotatable bonds is 6. The number of anilines is 1. The molecule has 156 valence electrons. The van der Waals surface area contributed by atoms with Crippen molar-refractivity contribution in [3.8, 4) is 0 Å². The number of carbonyl (C=O) groups excluding carboxylic acids is 2. The van der Waals surface area contributed by atoms with E-state index in [4.69, 9.17) is 4.74 Å². The number of H-pyrrole nitrogens is 1. The number of amides is 1. The maximum absolute atomic E-state index is 14.2. The van der Waals surface area contributed by atoms with Gasteiger partial charge in [0.15, 0.2) is 11.3 Å². The average Bonchev–Trinajstić information content (AvgIpc) is 3.12. The van der Waals surface area contributed by atoms with Gasteiger partial charge in [0.05, 0.1) is 11.4 Å². The zero-order valence-electron chi connectivity index (χ0n) is 16.9. The molecule has 4 rings (SSSR count). The van der Waals surface area contributed by atoms with E-state index >= 15 is 0 Å². The summed E-state index contributed by atoms with van der Waals surface area (Å²) in [5, 5.41) is 6.85. The van der Waals surface area contributed by atoms with Crippen LogP contribution in [0.1, 0.15) is 24.6 Å². The molecule has 0 aliphatic carbocycles. The van der Waals surface area contributed by atoms with Crippen molar-refractivity contribution in [2.45, 2.75) is 31.3 Å². The van der Waals surface area contributed by atoms with E-state index < -0.39 is 17.3 Å². The molecule has 0 saturated carbocycles. The second kappa shape index (κ2) is 8.01. The first-order chi connectivity index (χ1) is 14.5. The number of hydrogen-bond donors (Lipinski definition) is 3. The molecule has 3 N–H and O–H groups in total. The standard InChI is InChI=1S/C23H24FN3O3/c1-14(28)23(22(29)26-20-10-6-4-8-18(20)24)21-17(13-15(27-23)11-12-30-2)16-7-3-5-9-19(16)25-21/h3-10,15,25,27H,11-13H2,1-2H3,(H,26,29). The Morgan fingerprint density at radius 2 is 1.93 bits per heavy atom. The molecule has 1 aliphatic heterocycles. The second-order valence-electron chi connectivity index (χ2n) is 7.59. The van der Waals surface area contributed by atoms with Gasteiger partial charge in [0.1, 0.15) is 5.82 Å². The van der Waals surface area contributed by atoms with Crippen molar-refractivity contribution < 1.29 is 18.7 Å². The van der Waals surface area contributed by atoms with Crippen LogP contribution in [0.4, 0.5) is 10.1 Å². The number of Topliss-reactive ketones (excluding diaryl/α,β-unsaturated/α-hetero) is 1. The second-order valence-corrected chi connectivity index (χ2v) is 7.59. The first-order valence-corrected chi connectivity index (χ1v) is 9.91. The summed E-state index contributed by atoms with van der Waals surface area (Å²) in [6, 6.07) is 13.5. The van der Waals surface area contributed by atoms with Gasteiger partial charge in [-0.15, -0.1) is 0 Å². The van der Waals surface area contributed by atoms with Gasteiger partial charge in [-0.1, -0.05) is 30.3 Å². The van der Waals surface area contributed by atoms with Crippen LogP contribution in [-0.4, -0.2) is 36.4 Å². The van der Waals surface area contributed by atoms with Crippen molar-refractivity contribution in [1.29, 1.82) is 0 Å². The lowest BCUT2D eigenvalue weighted by Crippen LogP contribution is -2.63. The third-order valence-electron chi connectivity index (χ3n) is 5.72. The quantitative estimate of drug-likeness (QED) is 0.546. The largest absolute Gasteiger partial charge is 0.385 e. The molecule has 1 amide bonds. The van der Waals surface area contributed by atoms with Crippen LogP contribution in [0.15, 0.2) is 48.5 Å². The van der Waals surface area contributed by atoms with Crippen LogP contribution >= 0.6 is 0 Å². The maximum atomic E-state index is 14.2. The topological polar surface area (TPSA) is 83.2 Å². The summed E-state index contributed by atoms with van der Waals surface area (Å²) >= 11 is 0. The van der Waals surface area contributed by atoms with Crippen molar-refractivity contribution in [1.82, 2.24) is 10.3 Å². The molecule has 2 heterocycles. The minimum atomic E-state index is -1.66. The van der Waals surface area contributed by atoms with E-state index in [1.165, 1.54) is 19.1 Å². The molecule has 2 atom stereocenters. The Morgan fingerprint density at radius 1 is 1.20 bits per heavy atom. The number of para-hydroxylation sites is 2. The van der Waals surface area contributed by atoms with Crippen LogP contribution in [0.5, 0.6) is 0 Å². The summed E-state index contributed by atoms with van der Waals surface area (Å²) in [5.41, 5.74) is 0.651. The van der Waals surface area contributed by atoms with E-state index in [2.05, 4.69) is 15.6 Å². The molecule has 0 fully saturated rings. The molecular formula is C23H24FN3O3. The van der Waals surface area contributed by atoms with Crippen molar-refractivity contribution in [2.75, 3.05) is 19.0 Å². The molecule has 7 heteroatoms. The van der Waals surface area contributed by atoms with Crippen LogP contribution in [-0.2, 0) is 26.3 Å². The van der Waals surface area contributed by atoms with Crippen LogP contribution in [0.3, 0.4) is 0 Å². The van der Waals surface area contributed by atoms with E-state index in [9.17, 15) is 14.0 Å². The number of ketones is 1. The summed E-state index contributed by atoms with van der Waals surface area (Å²) < 4.78 is 19.4. The van der Waals surface area contributed by atoms with Gasteiger partial charge in [0.2, 0.25) is 0 Å². The van der Waals surface area contributed by atoms with Gasteiger partial charge in [0.25, 0.3) is 5.91 Å². The highest BCUT2D eigenvalue weighted by Crippen LogP contribution is 2.37. The third-order valence-corrected chi connectivity index (χ3v) is 5.72. The molecule has 6 nitrogen and oxygen atoms in total. The molecule has 30 heavy (non-hydrogen) atoms. The predicted molar refractivity (Wildman–Crippen MR) is 113 cm³/mol. The Balaban J connectivity index is 1.85. The number of hydrogen-bond acceptors (Lipinski definition) is 4. The molecule has 1 aliphatic rings. The minimum Gasteiger partial charge on any atom is -0.385 e. The van der Waals surface area contributed by atoms with E-state index in [1.807, 2.05) is 24.3 Å². The zero-order valence-corrected chi connectivity index (χ0v) is 16.9. The lowest BCUT2D eigenvalue weighted by atomic mass is 9.79. The summed E-state index contributed by atoms with van der Waals surface area (Å²) in [6.07, 6.45) is 1.27. The molecule has 2 unspecified atom stereocenters. The molecule has 0 radical (unpaired) electrons. The minimum absolute atomic E-state index is 0.0293. The van der Waals surface area contributed by atoms with E-state index in [0.717, 1.165) is 16.5 Å². The fourth-order valence-electron chi connectivity index (χ4n) is 4.24. The molecule has 3 aromatic rings.